The van der Waals surface area contributed by atoms with Gasteiger partial charge in [-0.25, -0.2) is 0 Å². The number of H-pyrrole nitrogens is 1. The van der Waals surface area contributed by atoms with E-state index in [0.29, 0.717) is 27.7 Å². The third-order valence-corrected chi connectivity index (χ3v) is 5.03. The number of hydrogen-bond donors (Lipinski definition) is 1. The molecule has 1 aromatic heterocycles. The number of aromatic nitrogens is 1. The van der Waals surface area contributed by atoms with Crippen LogP contribution in [0.2, 0.25) is 0 Å². The van der Waals surface area contributed by atoms with E-state index in [-0.39, 0.29) is 17.0 Å². The second-order valence-corrected chi connectivity index (χ2v) is 6.51. The smallest absolute Gasteiger partial charge is 0.189 e. The van der Waals surface area contributed by atoms with Crippen LogP contribution in [0, 0.1) is 0 Å². The Bertz CT molecular complexity index is 1300. The van der Waals surface area contributed by atoms with Gasteiger partial charge in [-0.1, -0.05) is 42.5 Å². The zero-order valence-corrected chi connectivity index (χ0v) is 13.7. The quantitative estimate of drug-likeness (QED) is 0.536. The fraction of sp³-hybridized carbons (Fsp3) is 0.0455. The zero-order valence-electron chi connectivity index (χ0n) is 13.7. The van der Waals surface area contributed by atoms with Gasteiger partial charge in [0.05, 0.1) is 0 Å². The number of benzene rings is 3. The van der Waals surface area contributed by atoms with Crippen molar-refractivity contribution in [2.24, 2.45) is 0 Å². The van der Waals surface area contributed by atoms with Gasteiger partial charge in [-0.15, -0.1) is 0 Å². The lowest BCUT2D eigenvalue weighted by atomic mass is 9.97. The molecule has 1 atom stereocenters. The summed E-state index contributed by atoms with van der Waals surface area (Å²) in [4.78, 5) is 41.6. The molecule has 4 aromatic rings. The Balaban J connectivity index is 1.74. The highest BCUT2D eigenvalue weighted by Gasteiger charge is 2.41. The molecule has 1 heterocycles. The van der Waals surface area contributed by atoms with Gasteiger partial charge in [0.15, 0.2) is 17.0 Å². The molecule has 1 aliphatic carbocycles. The summed E-state index contributed by atoms with van der Waals surface area (Å²) in [5, 5.41) is 2.23. The average molecular weight is 339 g/mol. The van der Waals surface area contributed by atoms with Crippen LogP contribution in [0.1, 0.15) is 32.3 Å². The van der Waals surface area contributed by atoms with Crippen LogP contribution in [0.15, 0.2) is 71.5 Å². The van der Waals surface area contributed by atoms with E-state index < -0.39 is 5.92 Å². The summed E-state index contributed by atoms with van der Waals surface area (Å²) in [6.07, 6.45) is 0. The predicted octanol–water partition coefficient (Wildman–Crippen LogP) is 3.84. The minimum absolute atomic E-state index is 0.198. The van der Waals surface area contributed by atoms with Crippen molar-refractivity contribution in [1.82, 2.24) is 4.98 Å². The standard InChI is InChI=1S/C22H13NO3/c24-18-11-17(23-16-8-4-3-7-14(16)18)20-21(25)15-10-9-12-5-1-2-6-13(12)19(15)22(20)26/h1-11,20H,(H,23,24). The Morgan fingerprint density at radius 2 is 1.46 bits per heavy atom. The molecule has 1 unspecified atom stereocenters. The van der Waals surface area contributed by atoms with Crippen molar-refractivity contribution >= 4 is 33.2 Å². The third-order valence-electron chi connectivity index (χ3n) is 5.03. The third kappa shape index (κ3) is 1.93. The average Bonchev–Trinajstić information content (AvgIpc) is 2.92. The molecule has 1 aliphatic rings. The predicted molar refractivity (Wildman–Crippen MR) is 99.9 cm³/mol. The van der Waals surface area contributed by atoms with Gasteiger partial charge in [-0.05, 0) is 29.0 Å². The van der Waals surface area contributed by atoms with Crippen LogP contribution in [-0.4, -0.2) is 16.6 Å². The first-order valence-electron chi connectivity index (χ1n) is 8.37. The molecular weight excluding hydrogens is 326 g/mol. The van der Waals surface area contributed by atoms with E-state index in [4.69, 9.17) is 0 Å². The van der Waals surface area contributed by atoms with E-state index in [0.717, 1.165) is 10.8 Å². The van der Waals surface area contributed by atoms with Gasteiger partial charge in [0.2, 0.25) is 0 Å². The van der Waals surface area contributed by atoms with Gasteiger partial charge >= 0.3 is 0 Å². The van der Waals surface area contributed by atoms with Gasteiger partial charge in [0.25, 0.3) is 0 Å². The lowest BCUT2D eigenvalue weighted by Crippen LogP contribution is -2.17. The number of Topliss-reactive ketones (excluding diaryl/α,β-unsaturated/α-hetero) is 2. The number of nitrogens with one attached hydrogen (secondary N) is 1. The summed E-state index contributed by atoms with van der Waals surface area (Å²) in [6, 6.07) is 19.5. The summed E-state index contributed by atoms with van der Waals surface area (Å²) in [5.74, 6) is -1.51. The molecule has 0 aliphatic heterocycles. The van der Waals surface area contributed by atoms with E-state index >= 15 is 0 Å². The molecule has 1 N–H and O–H groups in total. The first kappa shape index (κ1) is 14.8. The normalized spacial score (nSPS) is 16.4. The number of hydrogen-bond acceptors (Lipinski definition) is 3. The summed E-state index contributed by atoms with van der Waals surface area (Å²) in [6.45, 7) is 0. The highest BCUT2D eigenvalue weighted by Crippen LogP contribution is 2.37. The Morgan fingerprint density at radius 1 is 0.731 bits per heavy atom. The minimum Gasteiger partial charge on any atom is -0.357 e. The molecule has 26 heavy (non-hydrogen) atoms. The first-order valence-corrected chi connectivity index (χ1v) is 8.37. The van der Waals surface area contributed by atoms with Crippen LogP contribution >= 0.6 is 0 Å². The second kappa shape index (κ2) is 5.23. The van der Waals surface area contributed by atoms with Crippen molar-refractivity contribution in [3.05, 3.63) is 93.8 Å². The Kier molecular flexibility index (Phi) is 2.97. The maximum Gasteiger partial charge on any atom is 0.189 e. The number of carbonyl (C=O) groups excluding carboxylic acids is 2. The molecule has 0 fully saturated rings. The van der Waals surface area contributed by atoms with Crippen LogP contribution in [-0.2, 0) is 0 Å². The van der Waals surface area contributed by atoms with Crippen LogP contribution in [0.3, 0.4) is 0 Å². The van der Waals surface area contributed by atoms with Gasteiger partial charge in [-0.2, -0.15) is 0 Å². The van der Waals surface area contributed by atoms with Crippen molar-refractivity contribution in [1.29, 1.82) is 0 Å². The lowest BCUT2D eigenvalue weighted by Gasteiger charge is -2.09. The highest BCUT2D eigenvalue weighted by molar-refractivity contribution is 6.33. The van der Waals surface area contributed by atoms with Gasteiger partial charge in [0.1, 0.15) is 5.92 Å². The van der Waals surface area contributed by atoms with Crippen molar-refractivity contribution in [3.63, 3.8) is 0 Å². The number of pyridine rings is 1. The highest BCUT2D eigenvalue weighted by atomic mass is 16.2. The molecule has 3 aromatic carbocycles. The van der Waals surface area contributed by atoms with Crippen LogP contribution in [0.4, 0.5) is 0 Å². The van der Waals surface area contributed by atoms with Crippen molar-refractivity contribution in [2.45, 2.75) is 5.92 Å². The van der Waals surface area contributed by atoms with Crippen molar-refractivity contribution in [2.75, 3.05) is 0 Å². The fourth-order valence-corrected chi connectivity index (χ4v) is 3.82. The summed E-state index contributed by atoms with van der Waals surface area (Å²) in [7, 11) is 0. The number of para-hydroxylation sites is 1. The summed E-state index contributed by atoms with van der Waals surface area (Å²) < 4.78 is 0. The largest absolute Gasteiger partial charge is 0.357 e. The van der Waals surface area contributed by atoms with Gasteiger partial charge < -0.3 is 4.98 Å². The fourth-order valence-electron chi connectivity index (χ4n) is 3.82. The number of ketones is 2. The number of fused-ring (bicyclic) bond motifs is 4. The Hall–Kier alpha value is -3.53. The second-order valence-electron chi connectivity index (χ2n) is 6.51. The summed E-state index contributed by atoms with van der Waals surface area (Å²) in [5.41, 5.74) is 1.65. The molecule has 0 amide bonds. The minimum atomic E-state index is -0.992. The number of carbonyl (C=O) groups is 2. The molecule has 0 saturated heterocycles. The van der Waals surface area contributed by atoms with E-state index in [1.54, 1.807) is 24.3 Å². The molecule has 4 nitrogen and oxygen atoms in total. The number of rotatable bonds is 1. The van der Waals surface area contributed by atoms with E-state index in [9.17, 15) is 14.4 Å². The zero-order chi connectivity index (χ0) is 17.8. The summed E-state index contributed by atoms with van der Waals surface area (Å²) >= 11 is 0. The van der Waals surface area contributed by atoms with Crippen LogP contribution in [0.25, 0.3) is 21.7 Å². The maximum absolute atomic E-state index is 13.1. The molecule has 0 bridgehead atoms. The van der Waals surface area contributed by atoms with Crippen molar-refractivity contribution < 1.29 is 9.59 Å². The molecule has 5 rings (SSSR count). The van der Waals surface area contributed by atoms with E-state index in [1.807, 2.05) is 36.4 Å². The first-order chi connectivity index (χ1) is 12.6. The molecular formula is C22H13NO3. The molecule has 0 radical (unpaired) electrons. The van der Waals surface area contributed by atoms with Crippen LogP contribution < -0.4 is 5.43 Å². The number of aromatic amines is 1. The Morgan fingerprint density at radius 3 is 2.31 bits per heavy atom. The van der Waals surface area contributed by atoms with E-state index in [1.165, 1.54) is 6.07 Å². The lowest BCUT2D eigenvalue weighted by molar-refractivity contribution is 0.0888. The molecule has 4 heteroatoms. The maximum atomic E-state index is 13.1. The SMILES string of the molecule is O=C1c2ccc3ccccc3c2C(=O)C1c1cc(=O)c2ccccc2[nH]1. The molecule has 0 spiro atoms. The van der Waals surface area contributed by atoms with Crippen molar-refractivity contribution in [3.8, 4) is 0 Å². The Labute approximate surface area is 148 Å². The molecule has 124 valence electrons. The molecule has 0 saturated carbocycles. The van der Waals surface area contributed by atoms with Gasteiger partial charge in [-0.3, -0.25) is 14.4 Å². The topological polar surface area (TPSA) is 67.0 Å². The van der Waals surface area contributed by atoms with Gasteiger partial charge in [0, 0.05) is 33.8 Å². The van der Waals surface area contributed by atoms with E-state index in [2.05, 4.69) is 4.98 Å². The van der Waals surface area contributed by atoms with Crippen LogP contribution in [0.5, 0.6) is 0 Å². The monoisotopic (exact) mass is 339 g/mol.